The first kappa shape index (κ1) is 18.4. The highest BCUT2D eigenvalue weighted by molar-refractivity contribution is 5.93. The molecular formula is C25H18O4. The molecule has 0 saturated carbocycles. The van der Waals surface area contributed by atoms with Crippen molar-refractivity contribution in [1.29, 1.82) is 0 Å². The summed E-state index contributed by atoms with van der Waals surface area (Å²) in [7, 11) is 0. The molecule has 0 radical (unpaired) electrons. The van der Waals surface area contributed by atoms with E-state index >= 15 is 0 Å². The highest BCUT2D eigenvalue weighted by atomic mass is 16.5. The molecule has 142 valence electrons. The molecule has 0 N–H and O–H groups in total. The van der Waals surface area contributed by atoms with Crippen LogP contribution in [0, 0.1) is 0 Å². The Morgan fingerprint density at radius 2 is 1.24 bits per heavy atom. The molecular weight excluding hydrogens is 364 g/mol. The lowest BCUT2D eigenvalue weighted by Gasteiger charge is -2.05. The molecule has 0 atom stereocenters. The molecule has 0 unspecified atom stereocenters. The van der Waals surface area contributed by atoms with Gasteiger partial charge in [0.05, 0.1) is 0 Å². The first-order valence-corrected chi connectivity index (χ1v) is 9.20. The second kappa shape index (κ2) is 8.40. The molecule has 0 aliphatic carbocycles. The lowest BCUT2D eigenvalue weighted by Crippen LogP contribution is -2.06. The van der Waals surface area contributed by atoms with Gasteiger partial charge in [0.25, 0.3) is 0 Å². The van der Waals surface area contributed by atoms with E-state index in [4.69, 9.17) is 9.47 Å². The van der Waals surface area contributed by atoms with E-state index in [1.54, 1.807) is 12.1 Å². The minimum Gasteiger partial charge on any atom is -0.458 e. The van der Waals surface area contributed by atoms with Crippen LogP contribution in [0.15, 0.2) is 97.1 Å². The van der Waals surface area contributed by atoms with Crippen molar-refractivity contribution in [3.8, 4) is 5.75 Å². The van der Waals surface area contributed by atoms with E-state index < -0.39 is 11.9 Å². The SMILES string of the molecule is O=C(/C=C/C(=O)Oc1ccc2ccccc2c1)OCc1ccc2ccccc2c1. The molecule has 4 aromatic carbocycles. The van der Waals surface area contributed by atoms with Crippen LogP contribution < -0.4 is 4.74 Å². The van der Waals surface area contributed by atoms with E-state index in [0.717, 1.165) is 39.3 Å². The third kappa shape index (κ3) is 4.68. The molecule has 4 nitrogen and oxygen atoms in total. The monoisotopic (exact) mass is 382 g/mol. The largest absolute Gasteiger partial charge is 0.458 e. The number of hydrogen-bond acceptors (Lipinski definition) is 4. The second-order valence-electron chi connectivity index (χ2n) is 6.55. The average molecular weight is 382 g/mol. The van der Waals surface area contributed by atoms with Crippen molar-refractivity contribution >= 4 is 33.5 Å². The maximum Gasteiger partial charge on any atom is 0.336 e. The number of carbonyl (C=O) groups excluding carboxylic acids is 2. The Balaban J connectivity index is 1.32. The maximum atomic E-state index is 12.0. The van der Waals surface area contributed by atoms with Gasteiger partial charge in [0.2, 0.25) is 0 Å². The highest BCUT2D eigenvalue weighted by Gasteiger charge is 2.05. The topological polar surface area (TPSA) is 52.6 Å². The van der Waals surface area contributed by atoms with Gasteiger partial charge in [-0.25, -0.2) is 9.59 Å². The minimum atomic E-state index is -0.636. The molecule has 0 heterocycles. The molecule has 4 heteroatoms. The summed E-state index contributed by atoms with van der Waals surface area (Å²) in [4.78, 5) is 23.9. The minimum absolute atomic E-state index is 0.133. The van der Waals surface area contributed by atoms with Crippen molar-refractivity contribution < 1.29 is 19.1 Å². The summed E-state index contributed by atoms with van der Waals surface area (Å²) >= 11 is 0. The van der Waals surface area contributed by atoms with Crippen LogP contribution in [-0.2, 0) is 20.9 Å². The van der Waals surface area contributed by atoms with Crippen molar-refractivity contribution in [1.82, 2.24) is 0 Å². The lowest BCUT2D eigenvalue weighted by atomic mass is 10.1. The van der Waals surface area contributed by atoms with E-state index in [1.165, 1.54) is 0 Å². The molecule has 0 aliphatic heterocycles. The molecule has 4 aromatic rings. The lowest BCUT2D eigenvalue weighted by molar-refractivity contribution is -0.139. The van der Waals surface area contributed by atoms with Gasteiger partial charge in [-0.2, -0.15) is 0 Å². The number of fused-ring (bicyclic) bond motifs is 2. The summed E-state index contributed by atoms with van der Waals surface area (Å²) in [6.45, 7) is 0.133. The molecule has 0 amide bonds. The van der Waals surface area contributed by atoms with E-state index in [-0.39, 0.29) is 6.61 Å². The van der Waals surface area contributed by atoms with Crippen LogP contribution in [-0.4, -0.2) is 11.9 Å². The predicted molar refractivity (Wildman–Crippen MR) is 112 cm³/mol. The van der Waals surface area contributed by atoms with Gasteiger partial charge in [0, 0.05) is 12.2 Å². The summed E-state index contributed by atoms with van der Waals surface area (Å²) in [6.07, 6.45) is 2.14. The number of hydrogen-bond donors (Lipinski definition) is 0. The van der Waals surface area contributed by atoms with Crippen LogP contribution in [0.1, 0.15) is 5.56 Å². The Kier molecular flexibility index (Phi) is 5.34. The van der Waals surface area contributed by atoms with Crippen LogP contribution >= 0.6 is 0 Å². The zero-order valence-corrected chi connectivity index (χ0v) is 15.6. The van der Waals surface area contributed by atoms with E-state index in [0.29, 0.717) is 5.75 Å². The fourth-order valence-electron chi connectivity index (χ4n) is 3.05. The van der Waals surface area contributed by atoms with Gasteiger partial charge >= 0.3 is 11.9 Å². The number of ether oxygens (including phenoxy) is 2. The maximum absolute atomic E-state index is 12.0. The van der Waals surface area contributed by atoms with Gasteiger partial charge in [-0.05, 0) is 45.3 Å². The molecule has 0 saturated heterocycles. The van der Waals surface area contributed by atoms with Gasteiger partial charge in [0.1, 0.15) is 12.4 Å². The third-order valence-corrected chi connectivity index (χ3v) is 4.49. The van der Waals surface area contributed by atoms with Crippen molar-refractivity contribution in [2.45, 2.75) is 6.61 Å². The normalized spacial score (nSPS) is 11.0. The Morgan fingerprint density at radius 1 is 0.655 bits per heavy atom. The summed E-state index contributed by atoms with van der Waals surface area (Å²) in [6, 6.07) is 27.0. The molecule has 0 fully saturated rings. The van der Waals surface area contributed by atoms with Crippen LogP contribution in [0.3, 0.4) is 0 Å². The Hall–Kier alpha value is -3.92. The molecule has 0 spiro atoms. The predicted octanol–water partition coefficient (Wildman–Crippen LogP) is 5.20. The molecule has 4 rings (SSSR count). The molecule has 0 aromatic heterocycles. The van der Waals surface area contributed by atoms with Gasteiger partial charge in [-0.1, -0.05) is 66.7 Å². The quantitative estimate of drug-likeness (QED) is 0.270. The van der Waals surface area contributed by atoms with Crippen LogP contribution in [0.2, 0.25) is 0 Å². The second-order valence-corrected chi connectivity index (χ2v) is 6.55. The zero-order chi connectivity index (χ0) is 20.1. The van der Waals surface area contributed by atoms with E-state index in [2.05, 4.69) is 0 Å². The molecule has 29 heavy (non-hydrogen) atoms. The van der Waals surface area contributed by atoms with Gasteiger partial charge in [-0.15, -0.1) is 0 Å². The highest BCUT2D eigenvalue weighted by Crippen LogP contribution is 2.20. The van der Waals surface area contributed by atoms with Crippen LogP contribution in [0.5, 0.6) is 5.75 Å². The fraction of sp³-hybridized carbons (Fsp3) is 0.0400. The number of benzene rings is 4. The first-order chi connectivity index (χ1) is 14.2. The van der Waals surface area contributed by atoms with E-state index in [9.17, 15) is 9.59 Å². The first-order valence-electron chi connectivity index (χ1n) is 9.20. The fourth-order valence-corrected chi connectivity index (χ4v) is 3.05. The summed E-state index contributed by atoms with van der Waals surface area (Å²) < 4.78 is 10.5. The molecule has 0 bridgehead atoms. The van der Waals surface area contributed by atoms with Crippen molar-refractivity contribution in [2.75, 3.05) is 0 Å². The zero-order valence-electron chi connectivity index (χ0n) is 15.6. The Morgan fingerprint density at radius 3 is 1.97 bits per heavy atom. The summed E-state index contributed by atoms with van der Waals surface area (Å²) in [5, 5.41) is 4.23. The average Bonchev–Trinajstić information content (AvgIpc) is 2.76. The van der Waals surface area contributed by atoms with Gasteiger partial charge in [0.15, 0.2) is 0 Å². The van der Waals surface area contributed by atoms with Crippen molar-refractivity contribution in [3.05, 3.63) is 103 Å². The number of rotatable bonds is 5. The summed E-state index contributed by atoms with van der Waals surface area (Å²) in [5.74, 6) is -0.820. The number of carbonyl (C=O) groups is 2. The molecule has 0 aliphatic rings. The smallest absolute Gasteiger partial charge is 0.336 e. The Bertz CT molecular complexity index is 1220. The third-order valence-electron chi connectivity index (χ3n) is 4.49. The van der Waals surface area contributed by atoms with Gasteiger partial charge < -0.3 is 9.47 Å². The standard InChI is InChI=1S/C25H18O4/c26-24(28-17-18-9-10-19-5-1-3-7-21(19)15-18)13-14-25(27)29-23-12-11-20-6-2-4-8-22(20)16-23/h1-16H,17H2/b14-13+. The van der Waals surface area contributed by atoms with Crippen molar-refractivity contribution in [3.63, 3.8) is 0 Å². The van der Waals surface area contributed by atoms with Crippen molar-refractivity contribution in [2.24, 2.45) is 0 Å². The Labute approximate surface area is 168 Å². The summed E-state index contributed by atoms with van der Waals surface area (Å²) in [5.41, 5.74) is 0.879. The number of esters is 2. The van der Waals surface area contributed by atoms with E-state index in [1.807, 2.05) is 72.8 Å². The van der Waals surface area contributed by atoms with Crippen LogP contribution in [0.4, 0.5) is 0 Å². The van der Waals surface area contributed by atoms with Crippen LogP contribution in [0.25, 0.3) is 21.5 Å². The van der Waals surface area contributed by atoms with Gasteiger partial charge in [-0.3, -0.25) is 0 Å².